The summed E-state index contributed by atoms with van der Waals surface area (Å²) in [6, 6.07) is 8.66. The standard InChI is InChI=1S/C28H25F4N3O2/c1-14-21(31)11-22(32)28(36)26(14)15-3-4-24-19(9-15)27(35-6-5-23(33)25(13-35)37-2)20(12-34-24)16-7-17(29)10-18(30)8-16/h3-4,7-12,23,25,36H,5-6,13,33H2,1-2H3/t23-,25-/m1/s1. The van der Waals surface area contributed by atoms with Crippen LogP contribution in [0.4, 0.5) is 23.2 Å². The molecule has 192 valence electrons. The maximum Gasteiger partial charge on any atom is 0.168 e. The van der Waals surface area contributed by atoms with Gasteiger partial charge in [0.15, 0.2) is 11.6 Å². The van der Waals surface area contributed by atoms with Crippen LogP contribution in [-0.4, -0.2) is 42.4 Å². The Morgan fingerprint density at radius 1 is 1.00 bits per heavy atom. The highest BCUT2D eigenvalue weighted by Crippen LogP contribution is 2.42. The molecule has 1 aliphatic rings. The number of ether oxygens (including phenoxy) is 1. The number of methoxy groups -OCH3 is 1. The molecule has 9 heteroatoms. The molecule has 1 saturated heterocycles. The minimum absolute atomic E-state index is 0.0167. The number of anilines is 1. The van der Waals surface area contributed by atoms with E-state index in [-0.39, 0.29) is 28.8 Å². The SMILES string of the molecule is CO[C@@H]1CN(c2c(-c3cc(F)cc(F)c3)cnc3ccc(-c4c(C)c(F)cc(F)c4O)cc23)CC[C@H]1N. The van der Waals surface area contributed by atoms with Crippen LogP contribution in [0.25, 0.3) is 33.2 Å². The van der Waals surface area contributed by atoms with Crippen LogP contribution >= 0.6 is 0 Å². The van der Waals surface area contributed by atoms with E-state index in [9.17, 15) is 22.7 Å². The van der Waals surface area contributed by atoms with Crippen molar-refractivity contribution in [3.05, 3.63) is 77.5 Å². The molecule has 5 nitrogen and oxygen atoms in total. The highest BCUT2D eigenvalue weighted by molar-refractivity contribution is 6.02. The van der Waals surface area contributed by atoms with Crippen LogP contribution in [0.3, 0.4) is 0 Å². The van der Waals surface area contributed by atoms with Gasteiger partial charge in [-0.2, -0.15) is 0 Å². The first-order valence-electron chi connectivity index (χ1n) is 11.8. The molecule has 0 spiro atoms. The molecule has 0 aliphatic carbocycles. The normalized spacial score (nSPS) is 18.0. The Bertz CT molecular complexity index is 1460. The number of nitrogens with two attached hydrogens (primary N) is 1. The summed E-state index contributed by atoms with van der Waals surface area (Å²) in [6.07, 6.45) is 1.86. The minimum atomic E-state index is -1.08. The number of benzene rings is 3. The molecule has 0 saturated carbocycles. The van der Waals surface area contributed by atoms with Crippen molar-refractivity contribution in [2.75, 3.05) is 25.1 Å². The highest BCUT2D eigenvalue weighted by atomic mass is 19.1. The van der Waals surface area contributed by atoms with E-state index in [1.54, 1.807) is 31.5 Å². The van der Waals surface area contributed by atoms with Gasteiger partial charge in [-0.15, -0.1) is 0 Å². The molecule has 0 bridgehead atoms. The van der Waals surface area contributed by atoms with Crippen LogP contribution in [0.15, 0.2) is 48.7 Å². The lowest BCUT2D eigenvalue weighted by atomic mass is 9.93. The number of hydrogen-bond donors (Lipinski definition) is 2. The van der Waals surface area contributed by atoms with Gasteiger partial charge in [0.05, 0.1) is 17.3 Å². The van der Waals surface area contributed by atoms with Gasteiger partial charge < -0.3 is 20.5 Å². The third kappa shape index (κ3) is 4.49. The summed E-state index contributed by atoms with van der Waals surface area (Å²) >= 11 is 0. The summed E-state index contributed by atoms with van der Waals surface area (Å²) in [4.78, 5) is 6.52. The summed E-state index contributed by atoms with van der Waals surface area (Å²) in [5.74, 6) is -4.00. The number of rotatable bonds is 4. The number of phenolic OH excluding ortho intramolecular Hbond substituents is 1. The zero-order chi connectivity index (χ0) is 26.4. The Hall–Kier alpha value is -3.69. The quantitative estimate of drug-likeness (QED) is 0.345. The Kier molecular flexibility index (Phi) is 6.51. The Labute approximate surface area is 211 Å². The monoisotopic (exact) mass is 511 g/mol. The molecular formula is C28H25F4N3O2. The van der Waals surface area contributed by atoms with Gasteiger partial charge >= 0.3 is 0 Å². The molecule has 2 atom stereocenters. The van der Waals surface area contributed by atoms with Gasteiger partial charge in [0.25, 0.3) is 0 Å². The largest absolute Gasteiger partial charge is 0.504 e. The maximum atomic E-state index is 14.4. The first kappa shape index (κ1) is 25.0. The fourth-order valence-corrected chi connectivity index (χ4v) is 5.04. The van der Waals surface area contributed by atoms with Crippen LogP contribution in [0.5, 0.6) is 5.75 Å². The predicted molar refractivity (Wildman–Crippen MR) is 134 cm³/mol. The van der Waals surface area contributed by atoms with Gasteiger partial charge in [-0.3, -0.25) is 4.98 Å². The van der Waals surface area contributed by atoms with Gasteiger partial charge in [0, 0.05) is 61.1 Å². The predicted octanol–water partition coefficient (Wildman–Crippen LogP) is 5.69. The zero-order valence-electron chi connectivity index (χ0n) is 20.2. The van der Waals surface area contributed by atoms with E-state index in [1.165, 1.54) is 19.1 Å². The topological polar surface area (TPSA) is 71.6 Å². The van der Waals surface area contributed by atoms with Crippen molar-refractivity contribution >= 4 is 16.6 Å². The van der Waals surface area contributed by atoms with E-state index in [0.29, 0.717) is 53.3 Å². The van der Waals surface area contributed by atoms with Crippen LogP contribution in [0, 0.1) is 30.2 Å². The van der Waals surface area contributed by atoms with Crippen LogP contribution < -0.4 is 10.6 Å². The van der Waals surface area contributed by atoms with Gasteiger partial charge in [0.2, 0.25) is 0 Å². The molecule has 0 radical (unpaired) electrons. The van der Waals surface area contributed by atoms with Gasteiger partial charge in [-0.05, 0) is 54.3 Å². The minimum Gasteiger partial charge on any atom is -0.504 e. The number of piperidine rings is 1. The fourth-order valence-electron chi connectivity index (χ4n) is 5.04. The van der Waals surface area contributed by atoms with Crippen molar-refractivity contribution in [2.45, 2.75) is 25.5 Å². The number of aromatic nitrogens is 1. The highest BCUT2D eigenvalue weighted by Gasteiger charge is 2.30. The molecule has 5 rings (SSSR count). The van der Waals surface area contributed by atoms with Crippen LogP contribution in [0.1, 0.15) is 12.0 Å². The molecule has 0 amide bonds. The van der Waals surface area contributed by atoms with Gasteiger partial charge in [-0.1, -0.05) is 6.07 Å². The lowest BCUT2D eigenvalue weighted by molar-refractivity contribution is 0.0731. The molecule has 1 aliphatic heterocycles. The van der Waals surface area contributed by atoms with E-state index in [0.717, 1.165) is 6.07 Å². The van der Waals surface area contributed by atoms with Crippen LogP contribution in [0.2, 0.25) is 0 Å². The number of halogens is 4. The Morgan fingerprint density at radius 2 is 1.73 bits per heavy atom. The average Bonchev–Trinajstić information content (AvgIpc) is 2.87. The number of hydrogen-bond acceptors (Lipinski definition) is 5. The Balaban J connectivity index is 1.79. The number of fused-ring (bicyclic) bond motifs is 1. The van der Waals surface area contributed by atoms with Crippen molar-refractivity contribution in [1.29, 1.82) is 0 Å². The second-order valence-corrected chi connectivity index (χ2v) is 9.27. The van der Waals surface area contributed by atoms with E-state index in [1.807, 2.05) is 4.90 Å². The molecule has 0 unspecified atom stereocenters. The van der Waals surface area contributed by atoms with E-state index in [4.69, 9.17) is 10.5 Å². The zero-order valence-corrected chi connectivity index (χ0v) is 20.2. The van der Waals surface area contributed by atoms with Crippen molar-refractivity contribution in [2.24, 2.45) is 5.73 Å². The summed E-state index contributed by atoms with van der Waals surface area (Å²) in [7, 11) is 1.57. The molecule has 1 fully saturated rings. The second kappa shape index (κ2) is 9.64. The molecule has 1 aromatic heterocycles. The van der Waals surface area contributed by atoms with Gasteiger partial charge in [-0.25, -0.2) is 17.6 Å². The summed E-state index contributed by atoms with van der Waals surface area (Å²) in [6.45, 7) is 2.40. The van der Waals surface area contributed by atoms with E-state index < -0.39 is 29.0 Å². The third-order valence-corrected chi connectivity index (χ3v) is 6.98. The summed E-state index contributed by atoms with van der Waals surface area (Å²) < 4.78 is 62.7. The van der Waals surface area contributed by atoms with Gasteiger partial charge in [0.1, 0.15) is 17.5 Å². The number of pyridine rings is 1. The smallest absolute Gasteiger partial charge is 0.168 e. The number of phenols is 1. The van der Waals surface area contributed by atoms with E-state index >= 15 is 0 Å². The lowest BCUT2D eigenvalue weighted by Gasteiger charge is -2.38. The van der Waals surface area contributed by atoms with Crippen molar-refractivity contribution in [1.82, 2.24) is 4.98 Å². The van der Waals surface area contributed by atoms with E-state index in [2.05, 4.69) is 4.98 Å². The van der Waals surface area contributed by atoms with Crippen LogP contribution in [-0.2, 0) is 4.74 Å². The van der Waals surface area contributed by atoms with Crippen molar-refractivity contribution < 1.29 is 27.4 Å². The fraction of sp³-hybridized carbons (Fsp3) is 0.250. The molecule has 3 N–H and O–H groups in total. The van der Waals surface area contributed by atoms with Crippen molar-refractivity contribution in [3.8, 4) is 28.0 Å². The molecule has 2 heterocycles. The number of nitrogens with zero attached hydrogens (tertiary/aromatic N) is 2. The average molecular weight is 512 g/mol. The summed E-state index contributed by atoms with van der Waals surface area (Å²) in [5.41, 5.74) is 8.63. The summed E-state index contributed by atoms with van der Waals surface area (Å²) in [5, 5.41) is 11.0. The third-order valence-electron chi connectivity index (χ3n) is 6.98. The Morgan fingerprint density at radius 3 is 2.43 bits per heavy atom. The number of aromatic hydroxyl groups is 1. The molecule has 37 heavy (non-hydrogen) atoms. The van der Waals surface area contributed by atoms with Crippen molar-refractivity contribution in [3.63, 3.8) is 0 Å². The maximum absolute atomic E-state index is 14.4. The first-order chi connectivity index (χ1) is 17.7. The molecule has 3 aromatic carbocycles. The first-order valence-corrected chi connectivity index (χ1v) is 11.8. The lowest BCUT2D eigenvalue weighted by Crippen LogP contribution is -2.51. The molecular weight excluding hydrogens is 486 g/mol. The second-order valence-electron chi connectivity index (χ2n) is 9.27. The molecule has 4 aromatic rings.